The summed E-state index contributed by atoms with van der Waals surface area (Å²) in [6.45, 7) is 6.03. The molecule has 5 heteroatoms. The Kier molecular flexibility index (Phi) is 5.83. The number of benzene rings is 1. The second kappa shape index (κ2) is 7.14. The molecule has 0 aliphatic rings. The van der Waals surface area contributed by atoms with Gasteiger partial charge in [0.05, 0.1) is 0 Å². The maximum atomic E-state index is 11.6. The number of carbonyl (C=O) groups excluding carboxylic acids is 2. The molecule has 0 atom stereocenters. The van der Waals surface area contributed by atoms with E-state index in [1.54, 1.807) is 29.2 Å². The van der Waals surface area contributed by atoms with E-state index in [-0.39, 0.29) is 17.7 Å². The van der Waals surface area contributed by atoms with Gasteiger partial charge in [-0.1, -0.05) is 25.4 Å². The zero-order valence-corrected chi connectivity index (χ0v) is 12.2. The van der Waals surface area contributed by atoms with Gasteiger partial charge in [0.15, 0.2) is 0 Å². The molecule has 0 unspecified atom stereocenters. The first-order valence-corrected chi connectivity index (χ1v) is 6.61. The molecular formula is C14H19ClN2O2. The molecule has 0 radical (unpaired) electrons. The second-order valence-electron chi connectivity index (χ2n) is 4.59. The standard InChI is InChI=1S/C14H19ClN2O2/c1-10(2)14(19)16-8-9-17(11(3)18)13-6-4-12(15)5-7-13/h4-7,10H,8-9H2,1-3H3,(H,16,19). The van der Waals surface area contributed by atoms with Crippen molar-refractivity contribution in [3.63, 3.8) is 0 Å². The summed E-state index contributed by atoms with van der Waals surface area (Å²) in [6.07, 6.45) is 0. The topological polar surface area (TPSA) is 49.4 Å². The van der Waals surface area contributed by atoms with Crippen LogP contribution in [0, 0.1) is 5.92 Å². The number of halogens is 1. The van der Waals surface area contributed by atoms with E-state index >= 15 is 0 Å². The first-order chi connectivity index (χ1) is 8.91. The van der Waals surface area contributed by atoms with E-state index in [0.717, 1.165) is 5.69 Å². The Morgan fingerprint density at radius 2 is 1.84 bits per heavy atom. The molecule has 0 spiro atoms. The van der Waals surface area contributed by atoms with Gasteiger partial charge >= 0.3 is 0 Å². The predicted molar refractivity (Wildman–Crippen MR) is 77.3 cm³/mol. The Hall–Kier alpha value is -1.55. The van der Waals surface area contributed by atoms with Gasteiger partial charge in [0, 0.05) is 36.6 Å². The Labute approximate surface area is 118 Å². The highest BCUT2D eigenvalue weighted by atomic mass is 35.5. The van der Waals surface area contributed by atoms with Crippen molar-refractivity contribution in [3.05, 3.63) is 29.3 Å². The summed E-state index contributed by atoms with van der Waals surface area (Å²) in [5.41, 5.74) is 0.774. The third-order valence-electron chi connectivity index (χ3n) is 2.68. The summed E-state index contributed by atoms with van der Waals surface area (Å²) in [4.78, 5) is 24.7. The van der Waals surface area contributed by atoms with Gasteiger partial charge in [0.25, 0.3) is 0 Å². The highest BCUT2D eigenvalue weighted by Crippen LogP contribution is 2.17. The van der Waals surface area contributed by atoms with Gasteiger partial charge in [0.2, 0.25) is 11.8 Å². The van der Waals surface area contributed by atoms with Gasteiger partial charge in [-0.2, -0.15) is 0 Å². The second-order valence-corrected chi connectivity index (χ2v) is 5.03. The van der Waals surface area contributed by atoms with E-state index in [1.165, 1.54) is 6.92 Å². The lowest BCUT2D eigenvalue weighted by Gasteiger charge is -2.21. The van der Waals surface area contributed by atoms with Gasteiger partial charge in [0.1, 0.15) is 0 Å². The molecule has 2 amide bonds. The van der Waals surface area contributed by atoms with Crippen LogP contribution in [0.15, 0.2) is 24.3 Å². The fourth-order valence-electron chi connectivity index (χ4n) is 1.58. The number of nitrogens with zero attached hydrogens (tertiary/aromatic N) is 1. The van der Waals surface area contributed by atoms with Gasteiger partial charge in [-0.3, -0.25) is 9.59 Å². The van der Waals surface area contributed by atoms with E-state index < -0.39 is 0 Å². The fraction of sp³-hybridized carbons (Fsp3) is 0.429. The molecule has 4 nitrogen and oxygen atoms in total. The third kappa shape index (κ3) is 4.91. The molecule has 0 fully saturated rings. The molecule has 0 aliphatic heterocycles. The molecule has 0 aliphatic carbocycles. The van der Waals surface area contributed by atoms with Crippen molar-refractivity contribution in [3.8, 4) is 0 Å². The van der Waals surface area contributed by atoms with Crippen LogP contribution in [0.5, 0.6) is 0 Å². The summed E-state index contributed by atoms with van der Waals surface area (Å²) in [7, 11) is 0. The third-order valence-corrected chi connectivity index (χ3v) is 2.93. The Morgan fingerprint density at radius 1 is 1.26 bits per heavy atom. The number of amides is 2. The monoisotopic (exact) mass is 282 g/mol. The van der Waals surface area contributed by atoms with Crippen molar-refractivity contribution >= 4 is 29.1 Å². The highest BCUT2D eigenvalue weighted by molar-refractivity contribution is 6.30. The van der Waals surface area contributed by atoms with Crippen molar-refractivity contribution < 1.29 is 9.59 Å². The molecule has 1 N–H and O–H groups in total. The van der Waals surface area contributed by atoms with Crippen LogP contribution in [0.3, 0.4) is 0 Å². The highest BCUT2D eigenvalue weighted by Gasteiger charge is 2.12. The zero-order valence-electron chi connectivity index (χ0n) is 11.4. The van der Waals surface area contributed by atoms with Crippen LogP contribution >= 0.6 is 11.6 Å². The maximum Gasteiger partial charge on any atom is 0.223 e. The van der Waals surface area contributed by atoms with Crippen molar-refractivity contribution in [2.45, 2.75) is 20.8 Å². The summed E-state index contributed by atoms with van der Waals surface area (Å²) >= 11 is 5.82. The quantitative estimate of drug-likeness (QED) is 0.902. The van der Waals surface area contributed by atoms with Crippen molar-refractivity contribution in [2.24, 2.45) is 5.92 Å². The zero-order chi connectivity index (χ0) is 14.4. The molecule has 0 saturated carbocycles. The van der Waals surface area contributed by atoms with Gasteiger partial charge in [-0.05, 0) is 24.3 Å². The van der Waals surface area contributed by atoms with Crippen LogP contribution in [0.25, 0.3) is 0 Å². The van der Waals surface area contributed by atoms with Crippen LogP contribution in [-0.2, 0) is 9.59 Å². The van der Waals surface area contributed by atoms with Crippen LogP contribution in [0.1, 0.15) is 20.8 Å². The molecule has 1 rings (SSSR count). The van der Waals surface area contributed by atoms with Crippen LogP contribution in [0.4, 0.5) is 5.69 Å². The number of rotatable bonds is 5. The van der Waals surface area contributed by atoms with Crippen LogP contribution in [-0.4, -0.2) is 24.9 Å². The normalized spacial score (nSPS) is 10.4. The largest absolute Gasteiger partial charge is 0.354 e. The number of hydrogen-bond donors (Lipinski definition) is 1. The molecule has 0 bridgehead atoms. The van der Waals surface area contributed by atoms with E-state index in [9.17, 15) is 9.59 Å². The van der Waals surface area contributed by atoms with E-state index in [4.69, 9.17) is 11.6 Å². The molecular weight excluding hydrogens is 264 g/mol. The van der Waals surface area contributed by atoms with Crippen molar-refractivity contribution in [2.75, 3.05) is 18.0 Å². The maximum absolute atomic E-state index is 11.6. The molecule has 19 heavy (non-hydrogen) atoms. The van der Waals surface area contributed by atoms with Crippen LogP contribution < -0.4 is 10.2 Å². The summed E-state index contributed by atoms with van der Waals surface area (Å²) in [6, 6.07) is 7.04. The lowest BCUT2D eigenvalue weighted by atomic mass is 10.2. The van der Waals surface area contributed by atoms with Gasteiger partial charge < -0.3 is 10.2 Å². The number of carbonyl (C=O) groups is 2. The minimum atomic E-state index is -0.0684. The van der Waals surface area contributed by atoms with Gasteiger partial charge in [-0.25, -0.2) is 0 Å². The molecule has 1 aromatic rings. The van der Waals surface area contributed by atoms with E-state index in [2.05, 4.69) is 5.32 Å². The Balaban J connectivity index is 2.62. The van der Waals surface area contributed by atoms with Gasteiger partial charge in [-0.15, -0.1) is 0 Å². The van der Waals surface area contributed by atoms with E-state index in [1.807, 2.05) is 13.8 Å². The predicted octanol–water partition coefficient (Wildman–Crippen LogP) is 2.47. The molecule has 104 valence electrons. The lowest BCUT2D eigenvalue weighted by Crippen LogP contribution is -2.38. The molecule has 1 aromatic carbocycles. The van der Waals surface area contributed by atoms with Crippen molar-refractivity contribution in [1.29, 1.82) is 0 Å². The Bertz CT molecular complexity index is 443. The summed E-state index contributed by atoms with van der Waals surface area (Å²) < 4.78 is 0. The molecule has 0 aromatic heterocycles. The SMILES string of the molecule is CC(=O)N(CCNC(=O)C(C)C)c1ccc(Cl)cc1. The average molecular weight is 283 g/mol. The number of nitrogens with one attached hydrogen (secondary N) is 1. The van der Waals surface area contributed by atoms with Crippen molar-refractivity contribution in [1.82, 2.24) is 5.32 Å². The lowest BCUT2D eigenvalue weighted by molar-refractivity contribution is -0.124. The first-order valence-electron chi connectivity index (χ1n) is 6.23. The fourth-order valence-corrected chi connectivity index (χ4v) is 1.71. The number of hydrogen-bond acceptors (Lipinski definition) is 2. The molecule has 0 heterocycles. The van der Waals surface area contributed by atoms with E-state index in [0.29, 0.717) is 18.1 Å². The minimum absolute atomic E-state index is 0.0143. The Morgan fingerprint density at radius 3 is 2.32 bits per heavy atom. The summed E-state index contributed by atoms with van der Waals surface area (Å²) in [5, 5.41) is 3.42. The minimum Gasteiger partial charge on any atom is -0.354 e. The average Bonchev–Trinajstić information content (AvgIpc) is 2.35. The first kappa shape index (κ1) is 15.5. The van der Waals surface area contributed by atoms with Crippen LogP contribution in [0.2, 0.25) is 5.02 Å². The smallest absolute Gasteiger partial charge is 0.223 e. The molecule has 0 saturated heterocycles. The number of anilines is 1. The summed E-state index contributed by atoms with van der Waals surface area (Å²) in [5.74, 6) is -0.137.